The first-order valence-electron chi connectivity index (χ1n) is 10.3. The SMILES string of the molecule is COc1cc(C=Cc2ccc(OC)c(OC)c2NS(=O)(=O)c2cccc(F)c2)cc(OC)c1OC. The molecule has 0 spiro atoms. The summed E-state index contributed by atoms with van der Waals surface area (Å²) in [4.78, 5) is -0.234. The van der Waals surface area contributed by atoms with Gasteiger partial charge in [-0.2, -0.15) is 0 Å². The summed E-state index contributed by atoms with van der Waals surface area (Å²) in [5.41, 5.74) is 1.30. The molecule has 0 heterocycles. The van der Waals surface area contributed by atoms with E-state index in [2.05, 4.69) is 4.72 Å². The average molecular weight is 504 g/mol. The Hall–Kier alpha value is -3.92. The fraction of sp³-hybridized carbons (Fsp3) is 0.200. The first-order chi connectivity index (χ1) is 16.8. The molecule has 0 aliphatic rings. The van der Waals surface area contributed by atoms with Crippen LogP contribution < -0.4 is 28.4 Å². The minimum Gasteiger partial charge on any atom is -0.493 e. The van der Waals surface area contributed by atoms with Crippen molar-refractivity contribution in [3.05, 3.63) is 65.5 Å². The number of ether oxygens (including phenoxy) is 5. The molecule has 0 atom stereocenters. The summed E-state index contributed by atoms with van der Waals surface area (Å²) in [5.74, 6) is 1.18. The zero-order valence-corrected chi connectivity index (χ0v) is 20.7. The molecule has 0 fully saturated rings. The van der Waals surface area contributed by atoms with Crippen molar-refractivity contribution in [2.24, 2.45) is 0 Å². The van der Waals surface area contributed by atoms with Gasteiger partial charge in [-0.05, 0) is 48.0 Å². The summed E-state index contributed by atoms with van der Waals surface area (Å²) in [7, 11) is 3.22. The molecule has 1 N–H and O–H groups in total. The van der Waals surface area contributed by atoms with Crippen LogP contribution in [0.15, 0.2) is 53.4 Å². The van der Waals surface area contributed by atoms with Gasteiger partial charge in [0.2, 0.25) is 5.75 Å². The lowest BCUT2D eigenvalue weighted by molar-refractivity contribution is 0.324. The van der Waals surface area contributed by atoms with Gasteiger partial charge < -0.3 is 23.7 Å². The summed E-state index contributed by atoms with van der Waals surface area (Å²) in [6.45, 7) is 0. The molecule has 8 nitrogen and oxygen atoms in total. The molecular weight excluding hydrogens is 477 g/mol. The highest BCUT2D eigenvalue weighted by Gasteiger charge is 2.22. The van der Waals surface area contributed by atoms with Crippen LogP contribution in [0.2, 0.25) is 0 Å². The lowest BCUT2D eigenvalue weighted by Gasteiger charge is -2.17. The predicted octanol–water partition coefficient (Wildman–Crippen LogP) is 4.84. The third-order valence-electron chi connectivity index (χ3n) is 5.06. The van der Waals surface area contributed by atoms with Crippen molar-refractivity contribution in [2.45, 2.75) is 4.90 Å². The maximum atomic E-state index is 13.7. The highest BCUT2D eigenvalue weighted by Crippen LogP contribution is 2.41. The van der Waals surface area contributed by atoms with Crippen LogP contribution in [0.1, 0.15) is 11.1 Å². The van der Waals surface area contributed by atoms with Crippen LogP contribution in [0.5, 0.6) is 28.7 Å². The Balaban J connectivity index is 2.11. The van der Waals surface area contributed by atoms with Crippen LogP contribution in [0, 0.1) is 5.82 Å². The molecule has 0 unspecified atom stereocenters. The maximum absolute atomic E-state index is 13.7. The molecule has 3 rings (SSSR count). The van der Waals surface area contributed by atoms with Gasteiger partial charge in [0, 0.05) is 5.56 Å². The predicted molar refractivity (Wildman–Crippen MR) is 132 cm³/mol. The Morgan fingerprint density at radius 3 is 1.91 bits per heavy atom. The van der Waals surface area contributed by atoms with Crippen LogP contribution in [0.3, 0.4) is 0 Å². The molecule has 0 aliphatic heterocycles. The normalized spacial score (nSPS) is 11.3. The molecule has 0 radical (unpaired) electrons. The maximum Gasteiger partial charge on any atom is 0.262 e. The zero-order chi connectivity index (χ0) is 25.6. The molecular formula is C25H26FNO7S. The molecule has 0 aromatic heterocycles. The average Bonchev–Trinajstić information content (AvgIpc) is 2.86. The number of halogens is 1. The lowest BCUT2D eigenvalue weighted by atomic mass is 10.1. The van der Waals surface area contributed by atoms with Crippen molar-refractivity contribution < 1.29 is 36.5 Å². The van der Waals surface area contributed by atoms with Crippen LogP contribution >= 0.6 is 0 Å². The van der Waals surface area contributed by atoms with Gasteiger partial charge in [0.15, 0.2) is 23.0 Å². The minimum absolute atomic E-state index is 0.125. The van der Waals surface area contributed by atoms with Crippen molar-refractivity contribution in [2.75, 3.05) is 40.3 Å². The molecule has 0 saturated carbocycles. The van der Waals surface area contributed by atoms with Crippen molar-refractivity contribution in [3.8, 4) is 28.7 Å². The highest BCUT2D eigenvalue weighted by atomic mass is 32.2. The number of anilines is 1. The minimum atomic E-state index is -4.15. The molecule has 10 heteroatoms. The van der Waals surface area contributed by atoms with Crippen LogP contribution in [0.25, 0.3) is 12.2 Å². The van der Waals surface area contributed by atoms with Gasteiger partial charge in [-0.15, -0.1) is 0 Å². The van der Waals surface area contributed by atoms with Crippen molar-refractivity contribution in [1.82, 2.24) is 0 Å². The van der Waals surface area contributed by atoms with Crippen LogP contribution in [0.4, 0.5) is 10.1 Å². The summed E-state index contributed by atoms with van der Waals surface area (Å²) in [5, 5.41) is 0. The number of benzene rings is 3. The molecule has 0 amide bonds. The summed E-state index contributed by atoms with van der Waals surface area (Å²) >= 11 is 0. The second-order valence-electron chi connectivity index (χ2n) is 7.12. The van der Waals surface area contributed by atoms with Crippen LogP contribution in [-0.2, 0) is 10.0 Å². The second-order valence-corrected chi connectivity index (χ2v) is 8.80. The van der Waals surface area contributed by atoms with Gasteiger partial charge in [0.05, 0.1) is 40.4 Å². The Kier molecular flexibility index (Phi) is 8.08. The summed E-state index contributed by atoms with van der Waals surface area (Å²) in [6.07, 6.45) is 3.43. The molecule has 186 valence electrons. The number of methoxy groups -OCH3 is 5. The van der Waals surface area contributed by atoms with E-state index in [0.717, 1.165) is 12.1 Å². The van der Waals surface area contributed by atoms with Crippen LogP contribution in [-0.4, -0.2) is 44.0 Å². The van der Waals surface area contributed by atoms with E-state index in [1.54, 1.807) is 36.4 Å². The van der Waals surface area contributed by atoms with Gasteiger partial charge in [-0.25, -0.2) is 12.8 Å². The summed E-state index contributed by atoms with van der Waals surface area (Å²) in [6, 6.07) is 11.5. The molecule has 0 saturated heterocycles. The zero-order valence-electron chi connectivity index (χ0n) is 19.9. The third-order valence-corrected chi connectivity index (χ3v) is 6.41. The number of rotatable bonds is 10. The smallest absolute Gasteiger partial charge is 0.262 e. The van der Waals surface area contributed by atoms with E-state index in [1.165, 1.54) is 47.7 Å². The topological polar surface area (TPSA) is 92.3 Å². The molecule has 35 heavy (non-hydrogen) atoms. The van der Waals surface area contributed by atoms with Gasteiger partial charge >= 0.3 is 0 Å². The highest BCUT2D eigenvalue weighted by molar-refractivity contribution is 7.92. The van der Waals surface area contributed by atoms with E-state index in [1.807, 2.05) is 0 Å². The lowest BCUT2D eigenvalue weighted by Crippen LogP contribution is -2.15. The van der Waals surface area contributed by atoms with Gasteiger partial charge in [0.1, 0.15) is 11.5 Å². The van der Waals surface area contributed by atoms with Gasteiger partial charge in [0.25, 0.3) is 10.0 Å². The molecule has 0 bridgehead atoms. The second kappa shape index (κ2) is 11.0. The Labute approximate surface area is 203 Å². The van der Waals surface area contributed by atoms with E-state index in [0.29, 0.717) is 34.1 Å². The van der Waals surface area contributed by atoms with Gasteiger partial charge in [-0.1, -0.05) is 18.2 Å². The number of sulfonamides is 1. The largest absolute Gasteiger partial charge is 0.493 e. The number of hydrogen-bond donors (Lipinski definition) is 1. The van der Waals surface area contributed by atoms with Crippen molar-refractivity contribution in [1.29, 1.82) is 0 Å². The standard InChI is InChI=1S/C25H26FNO7S/c1-30-20-12-11-17(10-9-16-13-21(31-2)24(33-4)22(14-16)32-3)23(25(20)34-5)27-35(28,29)19-8-6-7-18(26)15-19/h6-15,27H,1-5H3. The third kappa shape index (κ3) is 5.60. The summed E-state index contributed by atoms with van der Waals surface area (Å²) < 4.78 is 69.2. The Bertz CT molecular complexity index is 1310. The van der Waals surface area contributed by atoms with E-state index >= 15 is 0 Å². The first-order valence-corrected chi connectivity index (χ1v) is 11.8. The van der Waals surface area contributed by atoms with E-state index in [9.17, 15) is 12.8 Å². The number of hydrogen-bond acceptors (Lipinski definition) is 7. The monoisotopic (exact) mass is 503 g/mol. The molecule has 0 aliphatic carbocycles. The van der Waals surface area contributed by atoms with Gasteiger partial charge in [-0.3, -0.25) is 4.72 Å². The molecule has 3 aromatic rings. The van der Waals surface area contributed by atoms with E-state index in [-0.39, 0.29) is 16.3 Å². The van der Waals surface area contributed by atoms with E-state index < -0.39 is 15.8 Å². The Morgan fingerprint density at radius 1 is 0.743 bits per heavy atom. The van der Waals surface area contributed by atoms with Crippen molar-refractivity contribution in [3.63, 3.8) is 0 Å². The first kappa shape index (κ1) is 25.7. The van der Waals surface area contributed by atoms with E-state index in [4.69, 9.17) is 23.7 Å². The quantitative estimate of drug-likeness (QED) is 0.396. The molecule has 3 aromatic carbocycles. The fourth-order valence-corrected chi connectivity index (χ4v) is 4.52. The van der Waals surface area contributed by atoms with Crippen molar-refractivity contribution >= 4 is 27.9 Å². The Morgan fingerprint density at radius 2 is 1.37 bits per heavy atom. The number of nitrogens with one attached hydrogen (secondary N) is 1. The fourth-order valence-electron chi connectivity index (χ4n) is 3.40.